The van der Waals surface area contributed by atoms with Crippen molar-refractivity contribution < 1.29 is 28.9 Å². The molecule has 0 amide bonds. The summed E-state index contributed by atoms with van der Waals surface area (Å²) in [6.45, 7) is 2.40. The van der Waals surface area contributed by atoms with Crippen LogP contribution in [0.1, 0.15) is 34.0 Å². The fourth-order valence-electron chi connectivity index (χ4n) is 3.64. The quantitative estimate of drug-likeness (QED) is 0.843. The van der Waals surface area contributed by atoms with Gasteiger partial charge in [-0.15, -0.1) is 0 Å². The lowest BCUT2D eigenvalue weighted by Gasteiger charge is -2.22. The lowest BCUT2D eigenvalue weighted by molar-refractivity contribution is -0.147. The third kappa shape index (κ3) is 2.25. The maximum Gasteiger partial charge on any atom is 0.511 e. The molecular weight excluding hydrogens is 324 g/mol. The first kappa shape index (κ1) is 15.5. The number of carbonyl (C=O) groups excluding carboxylic acids is 1. The molecule has 2 aromatic rings. The molecule has 1 aliphatic heterocycles. The predicted octanol–water partition coefficient (Wildman–Crippen LogP) is 3.44. The molecule has 1 heterocycles. The van der Waals surface area contributed by atoms with Crippen LogP contribution in [-0.2, 0) is 16.6 Å². The minimum atomic E-state index is -1.49. The van der Waals surface area contributed by atoms with Crippen molar-refractivity contribution in [1.29, 1.82) is 0 Å². The number of carboxylic acid groups (broad SMARTS) is 1. The fourth-order valence-corrected chi connectivity index (χ4v) is 3.64. The van der Waals surface area contributed by atoms with Gasteiger partial charge >= 0.3 is 12.6 Å². The molecule has 25 heavy (non-hydrogen) atoms. The number of fused-ring (bicyclic) bond motifs is 3. The molecule has 6 nitrogen and oxygen atoms in total. The van der Waals surface area contributed by atoms with Crippen molar-refractivity contribution in [2.75, 3.05) is 0 Å². The first-order valence-electron chi connectivity index (χ1n) is 7.90. The highest BCUT2D eigenvalue weighted by molar-refractivity contribution is 6.10. The van der Waals surface area contributed by atoms with Crippen LogP contribution >= 0.6 is 0 Å². The van der Waals surface area contributed by atoms with Crippen LogP contribution in [0.3, 0.4) is 0 Å². The number of benzene rings is 2. The topological polar surface area (TPSA) is 82.1 Å². The van der Waals surface area contributed by atoms with E-state index in [-0.39, 0.29) is 5.78 Å². The van der Waals surface area contributed by atoms with E-state index in [0.29, 0.717) is 23.5 Å². The van der Waals surface area contributed by atoms with Crippen molar-refractivity contribution in [3.63, 3.8) is 0 Å². The fraction of sp³-hybridized carbons (Fsp3) is 0.263. The number of rotatable bonds is 2. The van der Waals surface area contributed by atoms with Crippen molar-refractivity contribution in [2.24, 2.45) is 0 Å². The summed E-state index contributed by atoms with van der Waals surface area (Å²) >= 11 is 0. The molecule has 2 atom stereocenters. The zero-order valence-electron chi connectivity index (χ0n) is 13.7. The normalized spacial score (nSPS) is 23.4. The summed E-state index contributed by atoms with van der Waals surface area (Å²) in [5.74, 6) is 0.813. The van der Waals surface area contributed by atoms with Crippen molar-refractivity contribution in [2.45, 2.75) is 32.2 Å². The van der Waals surface area contributed by atoms with Crippen molar-refractivity contribution >= 4 is 11.9 Å². The van der Waals surface area contributed by atoms with Gasteiger partial charge in [-0.25, -0.2) is 4.79 Å². The smallest absolute Gasteiger partial charge is 0.450 e. The van der Waals surface area contributed by atoms with Gasteiger partial charge in [0.05, 0.1) is 5.41 Å². The van der Waals surface area contributed by atoms with Crippen LogP contribution in [0.5, 0.6) is 11.5 Å². The molecule has 2 unspecified atom stereocenters. The molecule has 0 bridgehead atoms. The molecule has 2 aromatic carbocycles. The summed E-state index contributed by atoms with van der Waals surface area (Å²) in [5.41, 5.74) is 2.37. The number of hydrogen-bond acceptors (Lipinski definition) is 5. The number of ketones is 1. The van der Waals surface area contributed by atoms with Crippen LogP contribution < -0.4 is 9.47 Å². The highest BCUT2D eigenvalue weighted by atomic mass is 16.9. The van der Waals surface area contributed by atoms with Gasteiger partial charge in [-0.1, -0.05) is 30.3 Å². The van der Waals surface area contributed by atoms with Gasteiger partial charge in [-0.05, 0) is 37.5 Å². The largest absolute Gasteiger partial charge is 0.511 e. The molecule has 1 N–H and O–H groups in total. The van der Waals surface area contributed by atoms with E-state index in [1.54, 1.807) is 6.07 Å². The van der Waals surface area contributed by atoms with Crippen molar-refractivity contribution in [3.05, 3.63) is 58.7 Å². The average Bonchev–Trinajstić information content (AvgIpc) is 3.08. The van der Waals surface area contributed by atoms with Gasteiger partial charge in [0.2, 0.25) is 0 Å². The van der Waals surface area contributed by atoms with E-state index in [0.717, 1.165) is 16.7 Å². The van der Waals surface area contributed by atoms with Crippen LogP contribution in [0.25, 0.3) is 0 Å². The highest BCUT2D eigenvalue weighted by Gasteiger charge is 2.47. The molecule has 128 valence electrons. The molecule has 0 saturated carbocycles. The van der Waals surface area contributed by atoms with E-state index in [2.05, 4.69) is 4.74 Å². The van der Waals surface area contributed by atoms with E-state index in [1.165, 1.54) is 0 Å². The Morgan fingerprint density at radius 3 is 2.68 bits per heavy atom. The third-order valence-corrected chi connectivity index (χ3v) is 4.85. The lowest BCUT2D eigenvalue weighted by Crippen LogP contribution is -2.29. The van der Waals surface area contributed by atoms with Gasteiger partial charge in [0.15, 0.2) is 17.3 Å². The summed E-state index contributed by atoms with van der Waals surface area (Å²) in [5, 5.41) is 8.74. The standard InChI is InChI=1S/C19H16O6/c1-10-8-13-15(24-18(23-13)25-17(21)22)12-9-19(2,16(20)14(10)12)11-6-4-3-5-7-11/h3-8,18H,9H2,1-2H3,(H,21,22). The summed E-state index contributed by atoms with van der Waals surface area (Å²) in [4.78, 5) is 23.9. The lowest BCUT2D eigenvalue weighted by atomic mass is 9.79. The second-order valence-corrected chi connectivity index (χ2v) is 6.49. The van der Waals surface area contributed by atoms with Crippen LogP contribution in [0.4, 0.5) is 4.79 Å². The number of Topliss-reactive ketones (excluding diaryl/α,β-unsaturated/α-hetero) is 1. The van der Waals surface area contributed by atoms with E-state index in [4.69, 9.17) is 14.6 Å². The monoisotopic (exact) mass is 340 g/mol. The Morgan fingerprint density at radius 1 is 1.28 bits per heavy atom. The summed E-state index contributed by atoms with van der Waals surface area (Å²) in [6.07, 6.45) is -1.03. The highest BCUT2D eigenvalue weighted by Crippen LogP contribution is 2.50. The second-order valence-electron chi connectivity index (χ2n) is 6.49. The van der Waals surface area contributed by atoms with Crippen molar-refractivity contribution in [1.82, 2.24) is 0 Å². The van der Waals surface area contributed by atoms with Crippen LogP contribution in [-0.4, -0.2) is 23.5 Å². The second kappa shape index (κ2) is 5.24. The predicted molar refractivity (Wildman–Crippen MR) is 87.2 cm³/mol. The molecule has 0 fully saturated rings. The minimum Gasteiger partial charge on any atom is -0.450 e. The van der Waals surface area contributed by atoms with E-state index in [9.17, 15) is 9.59 Å². The average molecular weight is 340 g/mol. The molecule has 0 spiro atoms. The SMILES string of the molecule is Cc1cc2c(c3c1C(=O)C(C)(c1ccccc1)C3)OC(OC(=O)O)O2. The molecule has 1 aliphatic carbocycles. The molecule has 2 aliphatic rings. The summed E-state index contributed by atoms with van der Waals surface area (Å²) in [7, 11) is 0. The Morgan fingerprint density at radius 2 is 2.00 bits per heavy atom. The molecule has 6 heteroatoms. The summed E-state index contributed by atoms with van der Waals surface area (Å²) in [6, 6.07) is 11.3. The molecular formula is C19H16O6. The van der Waals surface area contributed by atoms with Gasteiger partial charge < -0.3 is 19.3 Å². The molecule has 0 saturated heterocycles. The zero-order chi connectivity index (χ0) is 17.8. The number of carbonyl (C=O) groups is 2. The van der Waals surface area contributed by atoms with Gasteiger partial charge in [0.25, 0.3) is 0 Å². The Hall–Kier alpha value is -3.02. The Bertz CT molecular complexity index is 889. The first-order valence-corrected chi connectivity index (χ1v) is 7.90. The Kier molecular flexibility index (Phi) is 3.25. The van der Waals surface area contributed by atoms with Gasteiger partial charge in [-0.3, -0.25) is 4.79 Å². The van der Waals surface area contributed by atoms with Gasteiger partial charge in [0.1, 0.15) is 0 Å². The molecule has 0 aromatic heterocycles. The van der Waals surface area contributed by atoms with Crippen LogP contribution in [0.15, 0.2) is 36.4 Å². The maximum atomic E-state index is 13.2. The third-order valence-electron chi connectivity index (χ3n) is 4.85. The summed E-state index contributed by atoms with van der Waals surface area (Å²) < 4.78 is 15.5. The van der Waals surface area contributed by atoms with Crippen molar-refractivity contribution in [3.8, 4) is 11.5 Å². The molecule has 0 radical (unpaired) electrons. The number of ether oxygens (including phenoxy) is 3. The van der Waals surface area contributed by atoms with Crippen LogP contribution in [0, 0.1) is 6.92 Å². The van der Waals surface area contributed by atoms with Gasteiger partial charge in [-0.2, -0.15) is 0 Å². The van der Waals surface area contributed by atoms with E-state index in [1.807, 2.05) is 44.2 Å². The Balaban J connectivity index is 1.78. The molecule has 4 rings (SSSR count). The van der Waals surface area contributed by atoms with E-state index < -0.39 is 18.0 Å². The first-order chi connectivity index (χ1) is 11.9. The van der Waals surface area contributed by atoms with Crippen LogP contribution in [0.2, 0.25) is 0 Å². The number of aryl methyl sites for hydroxylation is 1. The Labute approximate surface area is 143 Å². The zero-order valence-corrected chi connectivity index (χ0v) is 13.7. The number of hydrogen-bond donors (Lipinski definition) is 1. The maximum absolute atomic E-state index is 13.2. The minimum absolute atomic E-state index is 0.0280. The van der Waals surface area contributed by atoms with Gasteiger partial charge in [0, 0.05) is 11.1 Å². The van der Waals surface area contributed by atoms with E-state index >= 15 is 0 Å².